The number of carbonyl (C=O) groups is 2. The number of nitrogens with zero attached hydrogens (tertiary/aromatic N) is 4. The van der Waals surface area contributed by atoms with Crippen molar-refractivity contribution in [3.8, 4) is 0 Å². The Bertz CT molecular complexity index is 771. The van der Waals surface area contributed by atoms with E-state index < -0.39 is 12.2 Å². The van der Waals surface area contributed by atoms with Crippen LogP contribution in [0.2, 0.25) is 0 Å². The molecule has 28 heavy (non-hydrogen) atoms. The maximum absolute atomic E-state index is 11.8. The van der Waals surface area contributed by atoms with Crippen molar-refractivity contribution in [3.63, 3.8) is 0 Å². The van der Waals surface area contributed by atoms with Gasteiger partial charge in [-0.2, -0.15) is 4.98 Å². The highest BCUT2D eigenvalue weighted by atomic mass is 16.6. The van der Waals surface area contributed by atoms with E-state index in [1.165, 1.54) is 25.7 Å². The van der Waals surface area contributed by atoms with E-state index in [1.54, 1.807) is 19.9 Å². The van der Waals surface area contributed by atoms with Crippen LogP contribution in [-0.2, 0) is 9.47 Å². The Kier molecular flexibility index (Phi) is 6.37. The Morgan fingerprint density at radius 3 is 2.36 bits per heavy atom. The van der Waals surface area contributed by atoms with Gasteiger partial charge in [0.05, 0.1) is 13.2 Å². The van der Waals surface area contributed by atoms with E-state index >= 15 is 0 Å². The number of anilines is 2. The second kappa shape index (κ2) is 8.94. The van der Waals surface area contributed by atoms with E-state index in [9.17, 15) is 14.8 Å². The first-order valence-corrected chi connectivity index (χ1v) is 9.73. The van der Waals surface area contributed by atoms with Gasteiger partial charge in [0.25, 0.3) is 5.62 Å². The molecule has 2 saturated heterocycles. The van der Waals surface area contributed by atoms with Crippen LogP contribution in [0.25, 0.3) is 0 Å². The molecule has 0 aromatic carbocycles. The van der Waals surface area contributed by atoms with Crippen LogP contribution < -0.4 is 15.8 Å². The molecule has 3 fully saturated rings. The number of aromatic nitrogens is 2. The van der Waals surface area contributed by atoms with Crippen molar-refractivity contribution in [3.05, 3.63) is 11.7 Å². The molecule has 2 aliphatic heterocycles. The highest BCUT2D eigenvalue weighted by Crippen LogP contribution is 2.35. The number of rotatable bonds is 4. The standard InChI is InChI=1S/C18H27N5O5/c1-3-27-17(24)20-15-9-14(19-16(23(15)26)21-18(25)28-4-2)22-10-12-5-6-13(11-22)8-7-12/h9,12-13,26H,3-8,10-11H2,1-2H3,(H,20,24)/b21-16+. The van der Waals surface area contributed by atoms with Gasteiger partial charge >= 0.3 is 12.2 Å². The van der Waals surface area contributed by atoms with Gasteiger partial charge in [-0.1, -0.05) is 0 Å². The average molecular weight is 393 g/mol. The first kappa shape index (κ1) is 20.0. The molecule has 1 saturated carbocycles. The zero-order valence-corrected chi connectivity index (χ0v) is 16.3. The maximum atomic E-state index is 11.8. The molecular weight excluding hydrogens is 366 g/mol. The van der Waals surface area contributed by atoms with Crippen LogP contribution in [0.4, 0.5) is 21.2 Å². The van der Waals surface area contributed by atoms with Crippen LogP contribution in [0.5, 0.6) is 0 Å². The van der Waals surface area contributed by atoms with E-state index in [0.717, 1.165) is 13.1 Å². The second-order valence-electron chi connectivity index (χ2n) is 7.06. The molecule has 1 aromatic heterocycles. The molecule has 2 N–H and O–H groups in total. The molecule has 3 heterocycles. The Morgan fingerprint density at radius 1 is 1.18 bits per heavy atom. The van der Waals surface area contributed by atoms with Crippen LogP contribution in [0.15, 0.2) is 11.1 Å². The van der Waals surface area contributed by atoms with Crippen molar-refractivity contribution in [2.24, 2.45) is 16.8 Å². The molecule has 0 unspecified atom stereocenters. The Labute approximate surface area is 163 Å². The number of fused-ring (bicyclic) bond motifs is 4. The van der Waals surface area contributed by atoms with Crippen molar-refractivity contribution < 1.29 is 24.3 Å². The highest BCUT2D eigenvalue weighted by molar-refractivity contribution is 5.83. The molecule has 2 bridgehead atoms. The average Bonchev–Trinajstić information content (AvgIpc) is 2.99. The number of hydrogen-bond acceptors (Lipinski definition) is 7. The van der Waals surface area contributed by atoms with Crippen LogP contribution in [0.3, 0.4) is 0 Å². The largest absolute Gasteiger partial charge is 0.450 e. The van der Waals surface area contributed by atoms with E-state index in [0.29, 0.717) is 22.4 Å². The maximum Gasteiger partial charge on any atom is 0.437 e. The lowest BCUT2D eigenvalue weighted by atomic mass is 9.84. The molecule has 154 valence electrons. The van der Waals surface area contributed by atoms with Crippen molar-refractivity contribution in [1.82, 2.24) is 9.71 Å². The third-order valence-electron chi connectivity index (χ3n) is 5.11. The predicted octanol–water partition coefficient (Wildman–Crippen LogP) is 2.37. The Hall–Kier alpha value is -2.78. The van der Waals surface area contributed by atoms with Gasteiger partial charge in [0, 0.05) is 19.2 Å². The van der Waals surface area contributed by atoms with Gasteiger partial charge in [-0.3, -0.25) is 5.32 Å². The molecular formula is C18H27N5O5. The fourth-order valence-corrected chi connectivity index (χ4v) is 3.79. The van der Waals surface area contributed by atoms with Gasteiger partial charge in [-0.05, 0) is 51.4 Å². The fourth-order valence-electron chi connectivity index (χ4n) is 3.79. The van der Waals surface area contributed by atoms with E-state index in [1.807, 2.05) is 0 Å². The van der Waals surface area contributed by atoms with Crippen molar-refractivity contribution in [2.45, 2.75) is 39.5 Å². The summed E-state index contributed by atoms with van der Waals surface area (Å²) in [6.45, 7) is 5.36. The molecule has 4 rings (SSSR count). The van der Waals surface area contributed by atoms with Crippen LogP contribution in [0.1, 0.15) is 39.5 Å². The van der Waals surface area contributed by atoms with Gasteiger partial charge in [-0.25, -0.2) is 9.59 Å². The van der Waals surface area contributed by atoms with E-state index in [-0.39, 0.29) is 24.6 Å². The minimum atomic E-state index is -0.868. The summed E-state index contributed by atoms with van der Waals surface area (Å²) in [4.78, 5) is 33.8. The van der Waals surface area contributed by atoms with Crippen LogP contribution >= 0.6 is 0 Å². The first-order chi connectivity index (χ1) is 13.5. The summed E-state index contributed by atoms with van der Waals surface area (Å²) in [5.41, 5.74) is -0.264. The molecule has 1 aromatic rings. The number of nitrogens with one attached hydrogen (secondary N) is 1. The number of ether oxygens (including phenoxy) is 2. The fraction of sp³-hybridized carbons (Fsp3) is 0.667. The van der Waals surface area contributed by atoms with Gasteiger partial charge < -0.3 is 19.6 Å². The monoisotopic (exact) mass is 393 g/mol. The zero-order valence-electron chi connectivity index (χ0n) is 16.3. The summed E-state index contributed by atoms with van der Waals surface area (Å²) in [6.07, 6.45) is 3.20. The lowest BCUT2D eigenvalue weighted by Crippen LogP contribution is -2.35. The number of hydrogen-bond donors (Lipinski definition) is 2. The van der Waals surface area contributed by atoms with Gasteiger partial charge in [0.2, 0.25) is 0 Å². The quantitative estimate of drug-likeness (QED) is 0.754. The Morgan fingerprint density at radius 2 is 1.79 bits per heavy atom. The summed E-state index contributed by atoms with van der Waals surface area (Å²) in [7, 11) is 0. The van der Waals surface area contributed by atoms with Gasteiger partial charge in [0.15, 0.2) is 5.82 Å². The molecule has 0 radical (unpaired) electrons. The summed E-state index contributed by atoms with van der Waals surface area (Å²) >= 11 is 0. The minimum absolute atomic E-state index is 0.0168. The van der Waals surface area contributed by atoms with Crippen LogP contribution in [0, 0.1) is 11.8 Å². The minimum Gasteiger partial charge on any atom is -0.450 e. The van der Waals surface area contributed by atoms with Gasteiger partial charge in [0.1, 0.15) is 5.82 Å². The lowest BCUT2D eigenvalue weighted by Gasteiger charge is -2.24. The molecule has 0 spiro atoms. The van der Waals surface area contributed by atoms with Gasteiger partial charge in [-0.15, -0.1) is 9.72 Å². The summed E-state index contributed by atoms with van der Waals surface area (Å²) < 4.78 is 10.2. The number of carbonyl (C=O) groups excluding carboxylic acids is 2. The van der Waals surface area contributed by atoms with Crippen molar-refractivity contribution in [2.75, 3.05) is 36.5 Å². The third-order valence-corrected chi connectivity index (χ3v) is 5.11. The highest BCUT2D eigenvalue weighted by Gasteiger charge is 2.30. The summed E-state index contributed by atoms with van der Waals surface area (Å²) in [6, 6.07) is 1.56. The normalized spacial score (nSPS) is 21.9. The summed E-state index contributed by atoms with van der Waals surface area (Å²) in [5, 5.41) is 12.8. The topological polar surface area (TPSA) is 118 Å². The number of amides is 2. The molecule has 1 aliphatic carbocycles. The summed E-state index contributed by atoms with van der Waals surface area (Å²) in [5.74, 6) is 1.74. The lowest BCUT2D eigenvalue weighted by molar-refractivity contribution is 0.151. The third kappa shape index (κ3) is 4.73. The van der Waals surface area contributed by atoms with E-state index in [4.69, 9.17) is 9.47 Å². The van der Waals surface area contributed by atoms with E-state index in [2.05, 4.69) is 20.2 Å². The predicted molar refractivity (Wildman–Crippen MR) is 100 cm³/mol. The molecule has 0 atom stereocenters. The molecule has 3 aliphatic rings. The Balaban J connectivity index is 1.98. The van der Waals surface area contributed by atoms with Crippen molar-refractivity contribution >= 4 is 23.8 Å². The zero-order chi connectivity index (χ0) is 20.1. The first-order valence-electron chi connectivity index (χ1n) is 9.73. The van der Waals surface area contributed by atoms with Crippen molar-refractivity contribution in [1.29, 1.82) is 0 Å². The smallest absolute Gasteiger partial charge is 0.437 e. The molecule has 10 heteroatoms. The van der Waals surface area contributed by atoms with Crippen LogP contribution in [-0.4, -0.2) is 53.4 Å². The second-order valence-corrected chi connectivity index (χ2v) is 7.06. The molecule has 2 amide bonds. The SMILES string of the molecule is CCOC(=O)/N=c1\nc(N2CC3CCC(CC3)C2)cc(NC(=O)OCC)n1O. The molecule has 10 nitrogen and oxygen atoms in total.